The van der Waals surface area contributed by atoms with Crippen LogP contribution >= 0.6 is 15.9 Å². The highest BCUT2D eigenvalue weighted by Crippen LogP contribution is 2.23. The van der Waals surface area contributed by atoms with Gasteiger partial charge in [-0.25, -0.2) is 0 Å². The van der Waals surface area contributed by atoms with Crippen molar-refractivity contribution < 1.29 is 0 Å². The van der Waals surface area contributed by atoms with Crippen molar-refractivity contribution in [2.45, 2.75) is 33.7 Å². The molecular weight excluding hydrogens is 342 g/mol. The van der Waals surface area contributed by atoms with Gasteiger partial charge in [-0.3, -0.25) is 9.59 Å². The molecule has 2 aromatic carbocycles. The predicted molar refractivity (Wildman–Crippen MR) is 97.0 cm³/mol. The van der Waals surface area contributed by atoms with Crippen LogP contribution in [0.3, 0.4) is 0 Å². The molecule has 0 saturated carbocycles. The minimum Gasteiger partial charge on any atom is -0.378 e. The monoisotopic (exact) mass is 361 g/mol. The van der Waals surface area contributed by atoms with Crippen LogP contribution in [0.1, 0.15) is 38.8 Å². The molecule has 116 valence electrons. The van der Waals surface area contributed by atoms with E-state index in [-0.39, 0.29) is 11.5 Å². The van der Waals surface area contributed by atoms with Gasteiger partial charge in [0.05, 0.1) is 11.3 Å². The van der Waals surface area contributed by atoms with Gasteiger partial charge in [0.15, 0.2) is 0 Å². The highest BCUT2D eigenvalue weighted by atomic mass is 79.9. The van der Waals surface area contributed by atoms with E-state index in [9.17, 15) is 9.59 Å². The van der Waals surface area contributed by atoms with Gasteiger partial charge in [-0.15, -0.1) is 0 Å². The summed E-state index contributed by atoms with van der Waals surface area (Å²) < 4.78 is 1.00. The molecule has 0 spiro atoms. The van der Waals surface area contributed by atoms with Crippen LogP contribution in [0.2, 0.25) is 0 Å². The molecule has 4 heteroatoms. The van der Waals surface area contributed by atoms with E-state index in [4.69, 9.17) is 0 Å². The van der Waals surface area contributed by atoms with Crippen LogP contribution in [-0.2, 0) is 0 Å². The Kier molecular flexibility index (Phi) is 4.71. The summed E-state index contributed by atoms with van der Waals surface area (Å²) in [5.74, 6) is 0. The maximum absolute atomic E-state index is 11.8. The summed E-state index contributed by atoms with van der Waals surface area (Å²) in [6.07, 6.45) is 3.56. The van der Waals surface area contributed by atoms with E-state index in [0.29, 0.717) is 11.3 Å². The molecule has 1 atom stereocenters. The van der Waals surface area contributed by atoms with E-state index in [1.165, 1.54) is 0 Å². The Bertz CT molecular complexity index is 760. The molecule has 0 aliphatic heterocycles. The van der Waals surface area contributed by atoms with Crippen LogP contribution in [0, 0.1) is 5.41 Å². The van der Waals surface area contributed by atoms with Gasteiger partial charge in [0.25, 0.3) is 0 Å². The first-order chi connectivity index (χ1) is 10.2. The summed E-state index contributed by atoms with van der Waals surface area (Å²) in [7, 11) is 0. The first kappa shape index (κ1) is 16.7. The fourth-order valence-electron chi connectivity index (χ4n) is 1.90. The molecule has 0 amide bonds. The van der Waals surface area contributed by atoms with Gasteiger partial charge in [-0.2, -0.15) is 0 Å². The topological polar surface area (TPSA) is 46.2 Å². The zero-order valence-corrected chi connectivity index (χ0v) is 14.8. The van der Waals surface area contributed by atoms with Gasteiger partial charge in [0, 0.05) is 10.5 Å². The van der Waals surface area contributed by atoms with Gasteiger partial charge in [-0.05, 0) is 36.1 Å². The van der Waals surface area contributed by atoms with Crippen molar-refractivity contribution >= 4 is 33.8 Å². The summed E-state index contributed by atoms with van der Waals surface area (Å²) in [6.45, 7) is 8.29. The molecule has 0 saturated heterocycles. The normalized spacial score (nSPS) is 13.7. The fourth-order valence-corrected chi connectivity index (χ4v) is 2.16. The smallest absolute Gasteiger partial charge is 0.250 e. The largest absolute Gasteiger partial charge is 0.378 e. The number of nitrogens with one attached hydrogen (secondary N) is 1. The molecule has 0 aliphatic rings. The lowest BCUT2D eigenvalue weighted by molar-refractivity contribution is 0.359. The maximum atomic E-state index is 11.8. The van der Waals surface area contributed by atoms with Crippen LogP contribution in [0.5, 0.6) is 0 Å². The van der Waals surface area contributed by atoms with Gasteiger partial charge >= 0.3 is 0 Å². The zero-order chi connectivity index (χ0) is 16.5. The van der Waals surface area contributed by atoms with Crippen LogP contribution in [-0.4, -0.2) is 6.04 Å². The molecule has 1 unspecified atom stereocenters. The third kappa shape index (κ3) is 3.55. The Morgan fingerprint density at radius 3 is 2.18 bits per heavy atom. The van der Waals surface area contributed by atoms with Crippen molar-refractivity contribution in [1.82, 2.24) is 0 Å². The number of rotatable bonds is 4. The third-order valence-corrected chi connectivity index (χ3v) is 4.45. The standard InChI is InChI=1S/C18H20BrNO2/c1-11(18(2,3)4)20-15-14(16(21)17(15)22)10-7-12-5-8-13(19)9-6-12/h5-11,20H,1-4H3/b10-7+. The number of anilines is 1. The highest BCUT2D eigenvalue weighted by Gasteiger charge is 2.25. The van der Waals surface area contributed by atoms with Crippen LogP contribution in [0.25, 0.3) is 12.2 Å². The van der Waals surface area contributed by atoms with E-state index >= 15 is 0 Å². The second kappa shape index (κ2) is 6.21. The fraction of sp³-hybridized carbons (Fsp3) is 0.333. The van der Waals surface area contributed by atoms with E-state index in [2.05, 4.69) is 42.0 Å². The lowest BCUT2D eigenvalue weighted by Gasteiger charge is -2.29. The van der Waals surface area contributed by atoms with Crippen molar-refractivity contribution in [2.75, 3.05) is 5.32 Å². The number of hydrogen-bond donors (Lipinski definition) is 1. The second-order valence-electron chi connectivity index (χ2n) is 6.56. The average molecular weight is 362 g/mol. The van der Waals surface area contributed by atoms with Gasteiger partial charge < -0.3 is 5.32 Å². The number of halogens is 1. The van der Waals surface area contributed by atoms with Crippen molar-refractivity contribution in [1.29, 1.82) is 0 Å². The van der Waals surface area contributed by atoms with Crippen LogP contribution in [0.15, 0.2) is 38.3 Å². The van der Waals surface area contributed by atoms with E-state index < -0.39 is 10.9 Å². The SMILES string of the molecule is CC(Nc1c(/C=C/c2ccc(Br)cc2)c(=O)c1=O)C(C)(C)C. The molecule has 0 aromatic heterocycles. The predicted octanol–water partition coefficient (Wildman–Crippen LogP) is 4.06. The Hall–Kier alpha value is -1.68. The van der Waals surface area contributed by atoms with E-state index in [1.54, 1.807) is 6.08 Å². The summed E-state index contributed by atoms with van der Waals surface area (Å²) in [4.78, 5) is 23.6. The average Bonchev–Trinajstić information content (AvgIpc) is 2.46. The molecular formula is C18H20BrNO2. The highest BCUT2D eigenvalue weighted by molar-refractivity contribution is 9.10. The Morgan fingerprint density at radius 1 is 1.05 bits per heavy atom. The van der Waals surface area contributed by atoms with Crippen molar-refractivity contribution in [2.24, 2.45) is 5.41 Å². The molecule has 0 radical (unpaired) electrons. The minimum absolute atomic E-state index is 0.00640. The molecule has 0 heterocycles. The van der Waals surface area contributed by atoms with Crippen LogP contribution in [0.4, 0.5) is 5.69 Å². The van der Waals surface area contributed by atoms with E-state index in [1.807, 2.05) is 37.3 Å². The quantitative estimate of drug-likeness (QED) is 0.835. The molecule has 2 aromatic rings. The second-order valence-corrected chi connectivity index (χ2v) is 7.48. The first-order valence-electron chi connectivity index (χ1n) is 7.23. The van der Waals surface area contributed by atoms with Crippen molar-refractivity contribution in [3.8, 4) is 0 Å². The molecule has 0 fully saturated rings. The van der Waals surface area contributed by atoms with Crippen molar-refractivity contribution in [3.05, 3.63) is 60.3 Å². The number of hydrogen-bond acceptors (Lipinski definition) is 3. The minimum atomic E-state index is -0.424. The maximum Gasteiger partial charge on any atom is 0.250 e. The summed E-state index contributed by atoms with van der Waals surface area (Å²) in [5.41, 5.74) is 1.03. The van der Waals surface area contributed by atoms with Gasteiger partial charge in [0.2, 0.25) is 10.9 Å². The Balaban J connectivity index is 2.22. The molecule has 3 nitrogen and oxygen atoms in total. The lowest BCUT2D eigenvalue weighted by Crippen LogP contribution is -2.41. The molecule has 0 aliphatic carbocycles. The molecule has 2 rings (SSSR count). The van der Waals surface area contributed by atoms with E-state index in [0.717, 1.165) is 10.0 Å². The van der Waals surface area contributed by atoms with Crippen LogP contribution < -0.4 is 16.2 Å². The lowest BCUT2D eigenvalue weighted by atomic mass is 9.87. The van der Waals surface area contributed by atoms with Crippen molar-refractivity contribution in [3.63, 3.8) is 0 Å². The van der Waals surface area contributed by atoms with Gasteiger partial charge in [-0.1, -0.05) is 54.9 Å². The summed E-state index contributed by atoms with van der Waals surface area (Å²) >= 11 is 3.38. The summed E-state index contributed by atoms with van der Waals surface area (Å²) in [6, 6.07) is 7.84. The Labute approximate surface area is 138 Å². The number of benzene rings is 1. The van der Waals surface area contributed by atoms with Gasteiger partial charge in [0.1, 0.15) is 0 Å². The molecule has 0 bridgehead atoms. The molecule has 1 N–H and O–H groups in total. The Morgan fingerprint density at radius 2 is 1.64 bits per heavy atom. The zero-order valence-electron chi connectivity index (χ0n) is 13.2. The summed E-state index contributed by atoms with van der Waals surface area (Å²) in [5, 5.41) is 3.18. The first-order valence-corrected chi connectivity index (χ1v) is 8.03. The third-order valence-electron chi connectivity index (χ3n) is 3.92. The molecule has 22 heavy (non-hydrogen) atoms.